The summed E-state index contributed by atoms with van der Waals surface area (Å²) in [6.07, 6.45) is 0. The van der Waals surface area contributed by atoms with Gasteiger partial charge in [-0.2, -0.15) is 0 Å². The van der Waals surface area contributed by atoms with Crippen molar-refractivity contribution >= 4 is 17.5 Å². The van der Waals surface area contributed by atoms with Crippen LogP contribution >= 0.6 is 11.6 Å². The lowest BCUT2D eigenvalue weighted by molar-refractivity contribution is -0.118. The molecule has 0 saturated carbocycles. The van der Waals surface area contributed by atoms with E-state index in [1.807, 2.05) is 24.3 Å². The molecule has 0 aromatic heterocycles. The number of rotatable bonds is 6. The lowest BCUT2D eigenvalue weighted by Gasteiger charge is -2.10. The molecule has 16 heavy (non-hydrogen) atoms. The summed E-state index contributed by atoms with van der Waals surface area (Å²) >= 11 is 5.32. The van der Waals surface area contributed by atoms with Gasteiger partial charge in [0.25, 0.3) is 0 Å². The van der Waals surface area contributed by atoms with Crippen LogP contribution in [0.1, 0.15) is 0 Å². The topological polar surface area (TPSA) is 47.6 Å². The lowest BCUT2D eigenvalue weighted by atomic mass is 10.3. The number of ether oxygens (including phenoxy) is 2. The van der Waals surface area contributed by atoms with Gasteiger partial charge in [-0.1, -0.05) is 12.1 Å². The molecule has 5 heteroatoms. The fraction of sp³-hybridized carbons (Fsp3) is 0.364. The number of alkyl halides is 1. The van der Waals surface area contributed by atoms with Gasteiger partial charge in [-0.05, 0) is 12.1 Å². The molecule has 0 unspecified atom stereocenters. The van der Waals surface area contributed by atoms with Crippen molar-refractivity contribution in [1.29, 1.82) is 0 Å². The van der Waals surface area contributed by atoms with Crippen LogP contribution in [0.2, 0.25) is 0 Å². The molecule has 0 spiro atoms. The highest BCUT2D eigenvalue weighted by Gasteiger charge is 2.02. The summed E-state index contributed by atoms with van der Waals surface area (Å²) in [4.78, 5) is 10.8. The third-order valence-corrected chi connectivity index (χ3v) is 2.11. The quantitative estimate of drug-likeness (QED) is 0.607. The van der Waals surface area contributed by atoms with Crippen molar-refractivity contribution in [3.8, 4) is 11.5 Å². The molecule has 1 rings (SSSR count). The molecule has 1 aromatic rings. The first kappa shape index (κ1) is 12.6. The van der Waals surface area contributed by atoms with E-state index in [1.165, 1.54) is 0 Å². The molecule has 1 amide bonds. The molecule has 0 fully saturated rings. The molecule has 0 atom stereocenters. The Labute approximate surface area is 99.5 Å². The van der Waals surface area contributed by atoms with E-state index >= 15 is 0 Å². The van der Waals surface area contributed by atoms with Gasteiger partial charge in [0.1, 0.15) is 12.5 Å². The number of benzene rings is 1. The van der Waals surface area contributed by atoms with Gasteiger partial charge in [0.15, 0.2) is 11.5 Å². The largest absolute Gasteiger partial charge is 0.493 e. The maximum atomic E-state index is 10.8. The van der Waals surface area contributed by atoms with Gasteiger partial charge in [0.05, 0.1) is 13.7 Å². The predicted octanol–water partition coefficient (Wildman–Crippen LogP) is 1.43. The van der Waals surface area contributed by atoms with Crippen LogP contribution in [0.25, 0.3) is 0 Å². The minimum Gasteiger partial charge on any atom is -0.493 e. The Morgan fingerprint density at radius 3 is 2.69 bits per heavy atom. The SMILES string of the molecule is COc1ccccc1OCCNC(=O)CCl. The second-order valence-corrected chi connectivity index (χ2v) is 3.25. The highest BCUT2D eigenvalue weighted by atomic mass is 35.5. The summed E-state index contributed by atoms with van der Waals surface area (Å²) in [5, 5.41) is 2.60. The van der Waals surface area contributed by atoms with E-state index in [0.717, 1.165) is 0 Å². The predicted molar refractivity (Wildman–Crippen MR) is 62.2 cm³/mol. The highest BCUT2D eigenvalue weighted by molar-refractivity contribution is 6.27. The van der Waals surface area contributed by atoms with E-state index < -0.39 is 0 Å². The van der Waals surface area contributed by atoms with Crippen molar-refractivity contribution in [3.05, 3.63) is 24.3 Å². The van der Waals surface area contributed by atoms with Crippen LogP contribution in [0.3, 0.4) is 0 Å². The average molecular weight is 244 g/mol. The van der Waals surface area contributed by atoms with E-state index in [2.05, 4.69) is 5.32 Å². The number of hydrogen-bond donors (Lipinski definition) is 1. The molecule has 0 saturated heterocycles. The van der Waals surface area contributed by atoms with E-state index in [1.54, 1.807) is 7.11 Å². The fourth-order valence-corrected chi connectivity index (χ4v) is 1.23. The Morgan fingerprint density at radius 2 is 2.06 bits per heavy atom. The van der Waals surface area contributed by atoms with Crippen LogP contribution in [0, 0.1) is 0 Å². The minimum atomic E-state index is -0.203. The Balaban J connectivity index is 2.34. The number of halogens is 1. The van der Waals surface area contributed by atoms with Crippen LogP contribution in [-0.4, -0.2) is 32.0 Å². The van der Waals surface area contributed by atoms with Gasteiger partial charge in [0, 0.05) is 0 Å². The minimum absolute atomic E-state index is 0.0331. The van der Waals surface area contributed by atoms with Gasteiger partial charge < -0.3 is 14.8 Å². The lowest BCUT2D eigenvalue weighted by Crippen LogP contribution is -2.28. The first-order valence-electron chi connectivity index (χ1n) is 4.86. The smallest absolute Gasteiger partial charge is 0.235 e. The van der Waals surface area contributed by atoms with Crippen molar-refractivity contribution < 1.29 is 14.3 Å². The number of hydrogen-bond acceptors (Lipinski definition) is 3. The van der Waals surface area contributed by atoms with Crippen molar-refractivity contribution in [2.45, 2.75) is 0 Å². The first-order valence-corrected chi connectivity index (χ1v) is 5.40. The Kier molecular flexibility index (Phi) is 5.50. The van der Waals surface area contributed by atoms with Crippen LogP contribution in [0.4, 0.5) is 0 Å². The Bertz CT molecular complexity index is 344. The number of para-hydroxylation sites is 2. The molecule has 88 valence electrons. The summed E-state index contributed by atoms with van der Waals surface area (Å²) in [5.41, 5.74) is 0. The van der Waals surface area contributed by atoms with Gasteiger partial charge in [-0.15, -0.1) is 11.6 Å². The van der Waals surface area contributed by atoms with Crippen LogP contribution < -0.4 is 14.8 Å². The molecule has 4 nitrogen and oxygen atoms in total. The van der Waals surface area contributed by atoms with Gasteiger partial charge in [0.2, 0.25) is 5.91 Å². The summed E-state index contributed by atoms with van der Waals surface area (Å²) in [6, 6.07) is 7.34. The van der Waals surface area contributed by atoms with Crippen molar-refractivity contribution in [2.75, 3.05) is 26.1 Å². The van der Waals surface area contributed by atoms with Gasteiger partial charge >= 0.3 is 0 Å². The zero-order valence-electron chi connectivity index (χ0n) is 9.03. The summed E-state index contributed by atoms with van der Waals surface area (Å²) in [6.45, 7) is 0.798. The zero-order chi connectivity index (χ0) is 11.8. The molecule has 0 aliphatic carbocycles. The average Bonchev–Trinajstić information content (AvgIpc) is 2.34. The highest BCUT2D eigenvalue weighted by Crippen LogP contribution is 2.25. The molecule has 0 bridgehead atoms. The summed E-state index contributed by atoms with van der Waals surface area (Å²) in [5.74, 6) is 1.09. The van der Waals surface area contributed by atoms with Crippen molar-refractivity contribution in [3.63, 3.8) is 0 Å². The Hall–Kier alpha value is -1.42. The standard InChI is InChI=1S/C11H14ClNO3/c1-15-9-4-2-3-5-10(9)16-7-6-13-11(14)8-12/h2-5H,6-8H2,1H3,(H,13,14). The number of amides is 1. The van der Waals surface area contributed by atoms with Crippen LogP contribution in [-0.2, 0) is 4.79 Å². The molecule has 0 aliphatic rings. The monoisotopic (exact) mass is 243 g/mol. The summed E-state index contributed by atoms with van der Waals surface area (Å²) < 4.78 is 10.6. The van der Waals surface area contributed by atoms with Crippen LogP contribution in [0.5, 0.6) is 11.5 Å². The molecular formula is C11H14ClNO3. The molecule has 0 radical (unpaired) electrons. The van der Waals surface area contributed by atoms with Crippen LogP contribution in [0.15, 0.2) is 24.3 Å². The van der Waals surface area contributed by atoms with E-state index in [0.29, 0.717) is 24.7 Å². The van der Waals surface area contributed by atoms with E-state index in [9.17, 15) is 4.79 Å². The summed E-state index contributed by atoms with van der Waals surface area (Å²) in [7, 11) is 1.58. The third kappa shape index (κ3) is 3.98. The second kappa shape index (κ2) is 6.95. The number of carbonyl (C=O) groups is 1. The third-order valence-electron chi connectivity index (χ3n) is 1.87. The van der Waals surface area contributed by atoms with Gasteiger partial charge in [-0.25, -0.2) is 0 Å². The first-order chi connectivity index (χ1) is 7.77. The maximum absolute atomic E-state index is 10.8. The Morgan fingerprint density at radius 1 is 1.38 bits per heavy atom. The molecule has 0 aliphatic heterocycles. The van der Waals surface area contributed by atoms with Gasteiger partial charge in [-0.3, -0.25) is 4.79 Å². The molecular weight excluding hydrogens is 230 g/mol. The normalized spacial score (nSPS) is 9.62. The number of carbonyl (C=O) groups excluding carboxylic acids is 1. The molecule has 1 aromatic carbocycles. The van der Waals surface area contributed by atoms with E-state index in [4.69, 9.17) is 21.1 Å². The van der Waals surface area contributed by atoms with Crippen molar-refractivity contribution in [1.82, 2.24) is 5.32 Å². The molecule has 1 N–H and O–H groups in total. The fourth-order valence-electron chi connectivity index (χ4n) is 1.14. The number of methoxy groups -OCH3 is 1. The maximum Gasteiger partial charge on any atom is 0.235 e. The van der Waals surface area contributed by atoms with E-state index in [-0.39, 0.29) is 11.8 Å². The zero-order valence-corrected chi connectivity index (χ0v) is 9.79. The molecule has 0 heterocycles. The van der Waals surface area contributed by atoms with Crippen molar-refractivity contribution in [2.24, 2.45) is 0 Å². The second-order valence-electron chi connectivity index (χ2n) is 2.98. The number of nitrogens with one attached hydrogen (secondary N) is 1.